The summed E-state index contributed by atoms with van der Waals surface area (Å²) in [7, 11) is 2.01. The molecule has 0 saturated carbocycles. The first-order chi connectivity index (χ1) is 5.88. The number of nitrogens with zero attached hydrogens (tertiary/aromatic N) is 1. The van der Waals surface area contributed by atoms with E-state index in [1.54, 1.807) is 0 Å². The molecule has 1 unspecified atom stereocenters. The minimum Gasteiger partial charge on any atom is -0.318 e. The SMILES string of the molecule is CCN(CCNC)C1CCNC1. The van der Waals surface area contributed by atoms with E-state index >= 15 is 0 Å². The average molecular weight is 171 g/mol. The minimum atomic E-state index is 0.781. The van der Waals surface area contributed by atoms with Crippen LogP contribution < -0.4 is 10.6 Å². The summed E-state index contributed by atoms with van der Waals surface area (Å²) < 4.78 is 0. The smallest absolute Gasteiger partial charge is 0.0233 e. The van der Waals surface area contributed by atoms with Crippen LogP contribution in [0.2, 0.25) is 0 Å². The predicted octanol–water partition coefficient (Wildman–Crippen LogP) is -0.110. The number of likely N-dealkylation sites (N-methyl/N-ethyl adjacent to an activating group) is 2. The second kappa shape index (κ2) is 5.51. The summed E-state index contributed by atoms with van der Waals surface area (Å²) in [5.41, 5.74) is 0. The van der Waals surface area contributed by atoms with Crippen molar-refractivity contribution in [3.8, 4) is 0 Å². The minimum absolute atomic E-state index is 0.781. The molecular formula is C9H21N3. The molecule has 2 N–H and O–H groups in total. The third-order valence-electron chi connectivity index (χ3n) is 2.61. The third kappa shape index (κ3) is 2.73. The van der Waals surface area contributed by atoms with Crippen LogP contribution in [0.3, 0.4) is 0 Å². The Bertz CT molecular complexity index is 110. The van der Waals surface area contributed by atoms with Crippen LogP contribution in [0.4, 0.5) is 0 Å². The van der Waals surface area contributed by atoms with Crippen molar-refractivity contribution < 1.29 is 0 Å². The summed E-state index contributed by atoms with van der Waals surface area (Å²) >= 11 is 0. The van der Waals surface area contributed by atoms with Crippen LogP contribution in [0.25, 0.3) is 0 Å². The molecule has 0 aromatic heterocycles. The molecule has 1 fully saturated rings. The summed E-state index contributed by atoms with van der Waals surface area (Å²) in [6, 6.07) is 0.781. The maximum absolute atomic E-state index is 3.40. The van der Waals surface area contributed by atoms with Gasteiger partial charge in [0.05, 0.1) is 0 Å². The van der Waals surface area contributed by atoms with E-state index < -0.39 is 0 Å². The highest BCUT2D eigenvalue weighted by atomic mass is 15.2. The van der Waals surface area contributed by atoms with Gasteiger partial charge in [0.2, 0.25) is 0 Å². The quantitative estimate of drug-likeness (QED) is 0.604. The molecule has 72 valence electrons. The molecule has 1 heterocycles. The van der Waals surface area contributed by atoms with E-state index in [2.05, 4.69) is 22.5 Å². The lowest BCUT2D eigenvalue weighted by Gasteiger charge is -2.26. The van der Waals surface area contributed by atoms with Crippen LogP contribution in [-0.2, 0) is 0 Å². The van der Waals surface area contributed by atoms with Gasteiger partial charge in [0.1, 0.15) is 0 Å². The Labute approximate surface area is 75.5 Å². The van der Waals surface area contributed by atoms with Crippen LogP contribution in [0.15, 0.2) is 0 Å². The number of nitrogens with one attached hydrogen (secondary N) is 2. The summed E-state index contributed by atoms with van der Waals surface area (Å²) in [5, 5.41) is 6.60. The van der Waals surface area contributed by atoms with Crippen molar-refractivity contribution in [2.45, 2.75) is 19.4 Å². The second-order valence-corrected chi connectivity index (χ2v) is 3.38. The normalized spacial score (nSPS) is 23.8. The van der Waals surface area contributed by atoms with Crippen molar-refractivity contribution in [3.63, 3.8) is 0 Å². The molecule has 1 aliphatic heterocycles. The Morgan fingerprint density at radius 2 is 2.42 bits per heavy atom. The summed E-state index contributed by atoms with van der Waals surface area (Å²) in [6.45, 7) is 8.07. The van der Waals surface area contributed by atoms with Gasteiger partial charge in [-0.05, 0) is 26.6 Å². The first-order valence-electron chi connectivity index (χ1n) is 4.97. The van der Waals surface area contributed by atoms with Crippen molar-refractivity contribution in [2.24, 2.45) is 0 Å². The monoisotopic (exact) mass is 171 g/mol. The molecule has 1 aliphatic rings. The molecule has 3 nitrogen and oxygen atoms in total. The molecule has 1 atom stereocenters. The van der Waals surface area contributed by atoms with Crippen molar-refractivity contribution >= 4 is 0 Å². The lowest BCUT2D eigenvalue weighted by Crippen LogP contribution is -2.40. The van der Waals surface area contributed by atoms with E-state index in [-0.39, 0.29) is 0 Å². The largest absolute Gasteiger partial charge is 0.318 e. The van der Waals surface area contributed by atoms with Gasteiger partial charge in [-0.15, -0.1) is 0 Å². The Balaban J connectivity index is 2.22. The summed E-state index contributed by atoms with van der Waals surface area (Å²) in [4.78, 5) is 2.55. The molecule has 12 heavy (non-hydrogen) atoms. The number of rotatable bonds is 5. The highest BCUT2D eigenvalue weighted by molar-refractivity contribution is 4.80. The fraction of sp³-hybridized carbons (Fsp3) is 1.00. The predicted molar refractivity (Wildman–Crippen MR) is 52.4 cm³/mol. The molecule has 0 aromatic rings. The summed E-state index contributed by atoms with van der Waals surface area (Å²) in [5.74, 6) is 0. The van der Waals surface area contributed by atoms with Gasteiger partial charge in [-0.3, -0.25) is 4.90 Å². The second-order valence-electron chi connectivity index (χ2n) is 3.38. The fourth-order valence-corrected chi connectivity index (χ4v) is 1.81. The maximum atomic E-state index is 3.40. The van der Waals surface area contributed by atoms with E-state index in [4.69, 9.17) is 0 Å². The first-order valence-corrected chi connectivity index (χ1v) is 4.97. The highest BCUT2D eigenvalue weighted by Crippen LogP contribution is 2.06. The van der Waals surface area contributed by atoms with Gasteiger partial charge in [0.15, 0.2) is 0 Å². The number of hydrogen-bond donors (Lipinski definition) is 2. The van der Waals surface area contributed by atoms with E-state index in [1.807, 2.05) is 7.05 Å². The Kier molecular flexibility index (Phi) is 4.58. The molecule has 0 spiro atoms. The highest BCUT2D eigenvalue weighted by Gasteiger charge is 2.19. The molecule has 0 amide bonds. The molecular weight excluding hydrogens is 150 g/mol. The van der Waals surface area contributed by atoms with E-state index in [1.165, 1.54) is 32.6 Å². The van der Waals surface area contributed by atoms with Crippen molar-refractivity contribution in [1.29, 1.82) is 0 Å². The molecule has 1 rings (SSSR count). The molecule has 3 heteroatoms. The van der Waals surface area contributed by atoms with Crippen molar-refractivity contribution in [2.75, 3.05) is 39.8 Å². The van der Waals surface area contributed by atoms with Crippen LogP contribution >= 0.6 is 0 Å². The van der Waals surface area contributed by atoms with Crippen LogP contribution in [0.5, 0.6) is 0 Å². The maximum Gasteiger partial charge on any atom is 0.0233 e. The van der Waals surface area contributed by atoms with Gasteiger partial charge in [-0.1, -0.05) is 6.92 Å². The number of hydrogen-bond acceptors (Lipinski definition) is 3. The first kappa shape index (κ1) is 9.96. The topological polar surface area (TPSA) is 27.3 Å². The van der Waals surface area contributed by atoms with Crippen molar-refractivity contribution in [1.82, 2.24) is 15.5 Å². The van der Waals surface area contributed by atoms with Gasteiger partial charge < -0.3 is 10.6 Å². The molecule has 0 aliphatic carbocycles. The van der Waals surface area contributed by atoms with Crippen LogP contribution in [-0.4, -0.2) is 50.7 Å². The average Bonchev–Trinajstić information content (AvgIpc) is 2.59. The van der Waals surface area contributed by atoms with E-state index in [0.717, 1.165) is 12.6 Å². The molecule has 0 radical (unpaired) electrons. The Hall–Kier alpha value is -0.120. The molecule has 0 bridgehead atoms. The van der Waals surface area contributed by atoms with Gasteiger partial charge >= 0.3 is 0 Å². The lowest BCUT2D eigenvalue weighted by molar-refractivity contribution is 0.221. The van der Waals surface area contributed by atoms with Gasteiger partial charge in [-0.2, -0.15) is 0 Å². The summed E-state index contributed by atoms with van der Waals surface area (Å²) in [6.07, 6.45) is 1.32. The lowest BCUT2D eigenvalue weighted by atomic mass is 10.2. The van der Waals surface area contributed by atoms with Gasteiger partial charge in [-0.25, -0.2) is 0 Å². The Morgan fingerprint density at radius 1 is 1.58 bits per heavy atom. The van der Waals surface area contributed by atoms with E-state index in [0.29, 0.717) is 0 Å². The Morgan fingerprint density at radius 3 is 2.92 bits per heavy atom. The van der Waals surface area contributed by atoms with E-state index in [9.17, 15) is 0 Å². The van der Waals surface area contributed by atoms with Crippen LogP contribution in [0, 0.1) is 0 Å². The van der Waals surface area contributed by atoms with Crippen LogP contribution in [0.1, 0.15) is 13.3 Å². The third-order valence-corrected chi connectivity index (χ3v) is 2.61. The zero-order valence-corrected chi connectivity index (χ0v) is 8.27. The van der Waals surface area contributed by atoms with Crippen molar-refractivity contribution in [3.05, 3.63) is 0 Å². The van der Waals surface area contributed by atoms with Gasteiger partial charge in [0, 0.05) is 25.7 Å². The molecule has 0 aromatic carbocycles. The molecule has 1 saturated heterocycles. The van der Waals surface area contributed by atoms with Gasteiger partial charge in [0.25, 0.3) is 0 Å². The standard InChI is InChI=1S/C9H21N3/c1-3-12(7-6-10-2)9-4-5-11-8-9/h9-11H,3-8H2,1-2H3. The fourth-order valence-electron chi connectivity index (χ4n) is 1.81. The zero-order valence-electron chi connectivity index (χ0n) is 8.27. The zero-order chi connectivity index (χ0) is 8.81.